The molecule has 2 rings (SSSR count). The predicted molar refractivity (Wildman–Crippen MR) is 90.5 cm³/mol. The van der Waals surface area contributed by atoms with E-state index in [1.165, 1.54) is 41.8 Å². The Kier molecular flexibility index (Phi) is 6.33. The number of halogens is 1. The fraction of sp³-hybridized carbons (Fsp3) is 0.625. The van der Waals surface area contributed by atoms with Crippen LogP contribution < -0.4 is 10.2 Å². The Balaban J connectivity index is 1.95. The fourth-order valence-corrected chi connectivity index (χ4v) is 3.11. The summed E-state index contributed by atoms with van der Waals surface area (Å²) in [5.41, 5.74) is 2.68. The Morgan fingerprint density at radius 1 is 1.15 bits per heavy atom. The number of hydrogen-bond acceptors (Lipinski definition) is 3. The third kappa shape index (κ3) is 4.21. The van der Waals surface area contributed by atoms with Crippen LogP contribution in [0, 0.1) is 0 Å². The van der Waals surface area contributed by atoms with Crippen molar-refractivity contribution < 1.29 is 0 Å². The summed E-state index contributed by atoms with van der Waals surface area (Å²) in [6, 6.07) is 6.77. The zero-order valence-corrected chi connectivity index (χ0v) is 14.2. The minimum absolute atomic E-state index is 0.943. The van der Waals surface area contributed by atoms with Crippen LogP contribution in [0.2, 0.25) is 0 Å². The van der Waals surface area contributed by atoms with Crippen molar-refractivity contribution in [3.63, 3.8) is 0 Å². The van der Waals surface area contributed by atoms with Gasteiger partial charge in [0.25, 0.3) is 0 Å². The fourth-order valence-electron chi connectivity index (χ4n) is 2.60. The average Bonchev–Trinajstić information content (AvgIpc) is 2.49. The van der Waals surface area contributed by atoms with Crippen molar-refractivity contribution in [2.45, 2.75) is 26.8 Å². The molecule has 112 valence electrons. The monoisotopic (exact) mass is 339 g/mol. The van der Waals surface area contributed by atoms with Gasteiger partial charge in [0, 0.05) is 42.9 Å². The average molecular weight is 340 g/mol. The molecule has 0 aliphatic carbocycles. The molecule has 0 bridgehead atoms. The number of nitrogens with zero attached hydrogens (tertiary/aromatic N) is 2. The summed E-state index contributed by atoms with van der Waals surface area (Å²) in [6.45, 7) is 12.2. The van der Waals surface area contributed by atoms with E-state index < -0.39 is 0 Å². The van der Waals surface area contributed by atoms with Gasteiger partial charge >= 0.3 is 0 Å². The van der Waals surface area contributed by atoms with Gasteiger partial charge in [-0.1, -0.05) is 35.8 Å². The molecule has 0 atom stereocenters. The third-order valence-electron chi connectivity index (χ3n) is 3.96. The quantitative estimate of drug-likeness (QED) is 0.803. The first-order chi connectivity index (χ1) is 9.74. The van der Waals surface area contributed by atoms with Crippen molar-refractivity contribution in [1.82, 2.24) is 10.2 Å². The Hall–Kier alpha value is -0.580. The van der Waals surface area contributed by atoms with Gasteiger partial charge in [-0.25, -0.2) is 0 Å². The minimum atomic E-state index is 0.943. The molecule has 1 aromatic carbocycles. The SMILES string of the molecule is CCCNCc1ccc(N2CCN(CC)CC2)cc1Br. The van der Waals surface area contributed by atoms with Crippen LogP contribution in [-0.4, -0.2) is 44.2 Å². The number of likely N-dealkylation sites (N-methyl/N-ethyl adjacent to an activating group) is 1. The maximum atomic E-state index is 3.71. The van der Waals surface area contributed by atoms with Crippen molar-refractivity contribution in [2.24, 2.45) is 0 Å². The van der Waals surface area contributed by atoms with Crippen molar-refractivity contribution in [3.8, 4) is 0 Å². The Bertz CT molecular complexity index is 414. The highest BCUT2D eigenvalue weighted by Gasteiger charge is 2.16. The zero-order chi connectivity index (χ0) is 14.4. The molecule has 0 unspecified atom stereocenters. The summed E-state index contributed by atoms with van der Waals surface area (Å²) in [6.07, 6.45) is 1.18. The summed E-state index contributed by atoms with van der Waals surface area (Å²) in [5.74, 6) is 0. The highest BCUT2D eigenvalue weighted by Crippen LogP contribution is 2.25. The third-order valence-corrected chi connectivity index (χ3v) is 4.70. The van der Waals surface area contributed by atoms with Crippen LogP contribution >= 0.6 is 15.9 Å². The summed E-state index contributed by atoms with van der Waals surface area (Å²) >= 11 is 3.71. The molecule has 4 heteroatoms. The lowest BCUT2D eigenvalue weighted by Gasteiger charge is -2.35. The van der Waals surface area contributed by atoms with Crippen molar-refractivity contribution in [1.29, 1.82) is 0 Å². The summed E-state index contributed by atoms with van der Waals surface area (Å²) in [7, 11) is 0. The molecular formula is C16H26BrN3. The van der Waals surface area contributed by atoms with Crippen LogP contribution in [0.4, 0.5) is 5.69 Å². The molecule has 1 N–H and O–H groups in total. The number of nitrogens with one attached hydrogen (secondary N) is 1. The van der Waals surface area contributed by atoms with E-state index in [0.29, 0.717) is 0 Å². The molecule has 1 heterocycles. The van der Waals surface area contributed by atoms with Crippen molar-refractivity contribution in [2.75, 3.05) is 44.2 Å². The van der Waals surface area contributed by atoms with E-state index in [1.807, 2.05) is 0 Å². The van der Waals surface area contributed by atoms with Gasteiger partial charge in [0.1, 0.15) is 0 Å². The van der Waals surface area contributed by atoms with Gasteiger partial charge in [-0.2, -0.15) is 0 Å². The standard InChI is InChI=1S/C16H26BrN3/c1-3-7-18-13-14-5-6-15(12-16(14)17)20-10-8-19(4-2)9-11-20/h5-6,12,18H,3-4,7-11,13H2,1-2H3. The normalized spacial score (nSPS) is 16.6. The van der Waals surface area contributed by atoms with Gasteiger partial charge in [-0.3, -0.25) is 0 Å². The van der Waals surface area contributed by atoms with E-state index in [2.05, 4.69) is 63.1 Å². The van der Waals surface area contributed by atoms with Gasteiger partial charge in [0.15, 0.2) is 0 Å². The first-order valence-corrected chi connectivity index (χ1v) is 8.50. The minimum Gasteiger partial charge on any atom is -0.369 e. The van der Waals surface area contributed by atoms with Gasteiger partial charge in [0.2, 0.25) is 0 Å². The van der Waals surface area contributed by atoms with E-state index in [9.17, 15) is 0 Å². The summed E-state index contributed by atoms with van der Waals surface area (Å²) in [5, 5.41) is 3.45. The highest BCUT2D eigenvalue weighted by molar-refractivity contribution is 9.10. The smallest absolute Gasteiger partial charge is 0.0378 e. The lowest BCUT2D eigenvalue weighted by molar-refractivity contribution is 0.271. The second-order valence-corrected chi connectivity index (χ2v) is 6.23. The number of piperazine rings is 1. The molecule has 0 saturated carbocycles. The molecule has 0 amide bonds. The van der Waals surface area contributed by atoms with Crippen LogP contribution in [0.25, 0.3) is 0 Å². The van der Waals surface area contributed by atoms with Gasteiger partial charge in [-0.15, -0.1) is 0 Å². The zero-order valence-electron chi connectivity index (χ0n) is 12.7. The summed E-state index contributed by atoms with van der Waals surface area (Å²) in [4.78, 5) is 4.99. The number of anilines is 1. The lowest BCUT2D eigenvalue weighted by Crippen LogP contribution is -2.46. The maximum absolute atomic E-state index is 3.71. The molecule has 0 spiro atoms. The second kappa shape index (κ2) is 8.01. The number of benzene rings is 1. The molecule has 1 aromatic rings. The van der Waals surface area contributed by atoms with Crippen molar-refractivity contribution in [3.05, 3.63) is 28.2 Å². The van der Waals surface area contributed by atoms with Crippen LogP contribution in [-0.2, 0) is 6.54 Å². The van der Waals surface area contributed by atoms with Gasteiger partial charge in [0.05, 0.1) is 0 Å². The first kappa shape index (κ1) is 15.8. The lowest BCUT2D eigenvalue weighted by atomic mass is 10.1. The second-order valence-electron chi connectivity index (χ2n) is 5.37. The molecule has 3 nitrogen and oxygen atoms in total. The van der Waals surface area contributed by atoms with E-state index in [0.717, 1.165) is 26.2 Å². The Morgan fingerprint density at radius 2 is 1.90 bits per heavy atom. The Labute approximate surface area is 131 Å². The van der Waals surface area contributed by atoms with Crippen LogP contribution in [0.5, 0.6) is 0 Å². The summed E-state index contributed by atoms with van der Waals surface area (Å²) < 4.78 is 1.22. The molecule has 1 saturated heterocycles. The molecule has 0 radical (unpaired) electrons. The maximum Gasteiger partial charge on any atom is 0.0378 e. The molecular weight excluding hydrogens is 314 g/mol. The predicted octanol–water partition coefficient (Wildman–Crippen LogP) is 3.09. The van der Waals surface area contributed by atoms with Gasteiger partial charge in [-0.05, 0) is 37.2 Å². The largest absolute Gasteiger partial charge is 0.369 e. The van der Waals surface area contributed by atoms with E-state index in [-0.39, 0.29) is 0 Å². The highest BCUT2D eigenvalue weighted by atomic mass is 79.9. The van der Waals surface area contributed by atoms with E-state index >= 15 is 0 Å². The molecule has 1 aliphatic rings. The van der Waals surface area contributed by atoms with Crippen molar-refractivity contribution >= 4 is 21.6 Å². The Morgan fingerprint density at radius 3 is 2.50 bits per heavy atom. The van der Waals surface area contributed by atoms with E-state index in [4.69, 9.17) is 0 Å². The van der Waals surface area contributed by atoms with Gasteiger partial charge < -0.3 is 15.1 Å². The number of rotatable bonds is 6. The molecule has 20 heavy (non-hydrogen) atoms. The van der Waals surface area contributed by atoms with E-state index in [1.54, 1.807) is 0 Å². The first-order valence-electron chi connectivity index (χ1n) is 7.71. The van der Waals surface area contributed by atoms with Crippen LogP contribution in [0.1, 0.15) is 25.8 Å². The number of hydrogen-bond donors (Lipinski definition) is 1. The molecule has 0 aromatic heterocycles. The topological polar surface area (TPSA) is 18.5 Å². The molecule has 1 aliphatic heterocycles. The van der Waals surface area contributed by atoms with Crippen LogP contribution in [0.15, 0.2) is 22.7 Å². The van der Waals surface area contributed by atoms with Crippen LogP contribution in [0.3, 0.4) is 0 Å². The molecule has 1 fully saturated rings.